The first-order chi connectivity index (χ1) is 6.74. The van der Waals surface area contributed by atoms with Crippen molar-refractivity contribution in [3.8, 4) is 0 Å². The second kappa shape index (κ2) is 5.81. The summed E-state index contributed by atoms with van der Waals surface area (Å²) in [6.45, 7) is 8.18. The lowest BCUT2D eigenvalue weighted by atomic mass is 10.1. The summed E-state index contributed by atoms with van der Waals surface area (Å²) in [6.07, 6.45) is 6.56. The van der Waals surface area contributed by atoms with E-state index in [1.54, 1.807) is 24.2 Å². The molecule has 0 aromatic carbocycles. The van der Waals surface area contributed by atoms with Gasteiger partial charge in [0.05, 0.1) is 0 Å². The van der Waals surface area contributed by atoms with Gasteiger partial charge in [0.25, 0.3) is 0 Å². The number of allylic oxidation sites excluding steroid dienone is 1. The zero-order chi connectivity index (χ0) is 10.4. The minimum atomic E-state index is 0.524. The molecular weight excluding hydrogens is 192 g/mol. The fourth-order valence-electron chi connectivity index (χ4n) is 1.08. The highest BCUT2D eigenvalue weighted by Gasteiger charge is 2.13. The van der Waals surface area contributed by atoms with Gasteiger partial charge in [-0.3, -0.25) is 0 Å². The zero-order valence-electron chi connectivity index (χ0n) is 8.68. The molecule has 0 spiro atoms. The highest BCUT2D eigenvalue weighted by molar-refractivity contribution is 7.99. The van der Waals surface area contributed by atoms with Gasteiger partial charge in [0.1, 0.15) is 0 Å². The van der Waals surface area contributed by atoms with E-state index in [9.17, 15) is 0 Å². The van der Waals surface area contributed by atoms with Crippen molar-refractivity contribution in [1.82, 2.24) is 9.97 Å². The molecule has 14 heavy (non-hydrogen) atoms. The molecule has 0 fully saturated rings. The minimum absolute atomic E-state index is 0.524. The van der Waals surface area contributed by atoms with Crippen LogP contribution in [0.1, 0.15) is 20.3 Å². The fourth-order valence-corrected chi connectivity index (χ4v) is 2.00. The van der Waals surface area contributed by atoms with Gasteiger partial charge in [0, 0.05) is 17.6 Å². The number of hydrogen-bond acceptors (Lipinski definition) is 3. The van der Waals surface area contributed by atoms with E-state index in [1.165, 1.54) is 0 Å². The second-order valence-corrected chi connectivity index (χ2v) is 4.70. The summed E-state index contributed by atoms with van der Waals surface area (Å²) >= 11 is 1.72. The van der Waals surface area contributed by atoms with Crippen molar-refractivity contribution >= 4 is 11.8 Å². The van der Waals surface area contributed by atoms with Crippen molar-refractivity contribution in [2.75, 3.05) is 0 Å². The number of rotatable bonds is 5. The maximum atomic E-state index is 4.19. The van der Waals surface area contributed by atoms with Crippen molar-refractivity contribution in [3.05, 3.63) is 31.1 Å². The Labute approximate surface area is 89.9 Å². The summed E-state index contributed by atoms with van der Waals surface area (Å²) in [5.41, 5.74) is 0. The largest absolute Gasteiger partial charge is 0.231 e. The van der Waals surface area contributed by atoms with Crippen LogP contribution in [0.3, 0.4) is 0 Å². The quantitative estimate of drug-likeness (QED) is 0.422. The Balaban J connectivity index is 2.48. The number of hydrogen-bond donors (Lipinski definition) is 0. The van der Waals surface area contributed by atoms with Gasteiger partial charge in [0.15, 0.2) is 5.16 Å². The van der Waals surface area contributed by atoms with Gasteiger partial charge < -0.3 is 0 Å². The molecular formula is C11H16N2S. The van der Waals surface area contributed by atoms with E-state index in [0.717, 1.165) is 11.6 Å². The zero-order valence-corrected chi connectivity index (χ0v) is 9.50. The molecule has 0 aliphatic rings. The van der Waals surface area contributed by atoms with Crippen LogP contribution >= 0.6 is 11.8 Å². The molecule has 0 saturated heterocycles. The van der Waals surface area contributed by atoms with Crippen LogP contribution in [-0.4, -0.2) is 15.2 Å². The lowest BCUT2D eigenvalue weighted by molar-refractivity contribution is 0.586. The third kappa shape index (κ3) is 3.50. The van der Waals surface area contributed by atoms with E-state index in [1.807, 2.05) is 12.1 Å². The molecule has 76 valence electrons. The monoisotopic (exact) mass is 208 g/mol. The van der Waals surface area contributed by atoms with Crippen LogP contribution in [0.5, 0.6) is 0 Å². The van der Waals surface area contributed by atoms with Crippen LogP contribution in [0.4, 0.5) is 0 Å². The molecule has 0 aliphatic carbocycles. The summed E-state index contributed by atoms with van der Waals surface area (Å²) in [5.74, 6) is 0.612. The normalized spacial score (nSPS) is 14.7. The minimum Gasteiger partial charge on any atom is -0.231 e. The van der Waals surface area contributed by atoms with E-state index < -0.39 is 0 Å². The first-order valence-corrected chi connectivity index (χ1v) is 5.66. The average Bonchev–Trinajstić information content (AvgIpc) is 2.19. The first kappa shape index (κ1) is 11.2. The standard InChI is InChI=1S/C11H16N2S/c1-4-6-9(2)10(3)14-11-12-7-5-8-13-11/h4-5,7-10H,1,6H2,2-3H3. The molecule has 2 unspecified atom stereocenters. The average molecular weight is 208 g/mol. The predicted molar refractivity (Wildman–Crippen MR) is 61.3 cm³/mol. The van der Waals surface area contributed by atoms with Gasteiger partial charge in [0.2, 0.25) is 0 Å². The molecule has 0 aliphatic heterocycles. The molecule has 0 bridgehead atoms. The topological polar surface area (TPSA) is 25.8 Å². The van der Waals surface area contributed by atoms with Gasteiger partial charge in [-0.15, -0.1) is 6.58 Å². The lowest BCUT2D eigenvalue weighted by Crippen LogP contribution is -2.09. The highest BCUT2D eigenvalue weighted by atomic mass is 32.2. The Kier molecular flexibility index (Phi) is 4.66. The molecule has 1 aromatic rings. The van der Waals surface area contributed by atoms with Gasteiger partial charge in [-0.2, -0.15) is 0 Å². The van der Waals surface area contributed by atoms with E-state index in [-0.39, 0.29) is 0 Å². The summed E-state index contributed by atoms with van der Waals surface area (Å²) in [6, 6.07) is 1.84. The van der Waals surface area contributed by atoms with E-state index >= 15 is 0 Å². The number of thioether (sulfide) groups is 1. The van der Waals surface area contributed by atoms with Crippen molar-refractivity contribution in [3.63, 3.8) is 0 Å². The third-order valence-corrected chi connectivity index (χ3v) is 3.43. The molecule has 0 amide bonds. The fraction of sp³-hybridized carbons (Fsp3) is 0.455. The Morgan fingerprint density at radius 1 is 1.43 bits per heavy atom. The first-order valence-electron chi connectivity index (χ1n) is 4.78. The van der Waals surface area contributed by atoms with Crippen molar-refractivity contribution in [1.29, 1.82) is 0 Å². The maximum absolute atomic E-state index is 4.19. The van der Waals surface area contributed by atoms with E-state index in [2.05, 4.69) is 30.4 Å². The molecule has 2 nitrogen and oxygen atoms in total. The Morgan fingerprint density at radius 2 is 2.07 bits per heavy atom. The van der Waals surface area contributed by atoms with Crippen LogP contribution < -0.4 is 0 Å². The summed E-state index contributed by atoms with van der Waals surface area (Å²) in [5, 5.41) is 1.38. The third-order valence-electron chi connectivity index (χ3n) is 2.17. The van der Waals surface area contributed by atoms with Crippen LogP contribution in [0.25, 0.3) is 0 Å². The van der Waals surface area contributed by atoms with Gasteiger partial charge in [-0.05, 0) is 18.4 Å². The molecule has 1 rings (SSSR count). The molecule has 1 heterocycles. The Bertz CT molecular complexity index is 274. The Morgan fingerprint density at radius 3 is 2.64 bits per heavy atom. The molecule has 1 aromatic heterocycles. The van der Waals surface area contributed by atoms with Gasteiger partial charge in [-0.25, -0.2) is 9.97 Å². The highest BCUT2D eigenvalue weighted by Crippen LogP contribution is 2.26. The maximum Gasteiger partial charge on any atom is 0.187 e. The molecule has 3 heteroatoms. The van der Waals surface area contributed by atoms with Crippen molar-refractivity contribution < 1.29 is 0 Å². The summed E-state index contributed by atoms with van der Waals surface area (Å²) in [7, 11) is 0. The SMILES string of the molecule is C=CCC(C)C(C)Sc1ncccn1. The van der Waals surface area contributed by atoms with Crippen molar-refractivity contribution in [2.45, 2.75) is 30.7 Å². The summed E-state index contributed by atoms with van der Waals surface area (Å²) in [4.78, 5) is 8.37. The van der Waals surface area contributed by atoms with Crippen LogP contribution in [-0.2, 0) is 0 Å². The molecule has 0 saturated carbocycles. The predicted octanol–water partition coefficient (Wildman–Crippen LogP) is 3.17. The lowest BCUT2D eigenvalue weighted by Gasteiger charge is -2.16. The van der Waals surface area contributed by atoms with Crippen molar-refractivity contribution in [2.24, 2.45) is 5.92 Å². The molecule has 0 N–H and O–H groups in total. The second-order valence-electron chi connectivity index (χ2n) is 3.36. The molecule has 0 radical (unpaired) electrons. The van der Waals surface area contributed by atoms with E-state index in [0.29, 0.717) is 11.2 Å². The number of aromatic nitrogens is 2. The van der Waals surface area contributed by atoms with Crippen LogP contribution in [0, 0.1) is 5.92 Å². The summed E-state index contributed by atoms with van der Waals surface area (Å²) < 4.78 is 0. The Hall–Kier alpha value is -0.830. The van der Waals surface area contributed by atoms with Gasteiger partial charge >= 0.3 is 0 Å². The van der Waals surface area contributed by atoms with Crippen LogP contribution in [0.15, 0.2) is 36.3 Å². The number of nitrogens with zero attached hydrogens (tertiary/aromatic N) is 2. The van der Waals surface area contributed by atoms with E-state index in [4.69, 9.17) is 0 Å². The molecule has 2 atom stereocenters. The van der Waals surface area contributed by atoms with Crippen LogP contribution in [0.2, 0.25) is 0 Å². The van der Waals surface area contributed by atoms with Gasteiger partial charge in [-0.1, -0.05) is 31.7 Å². The smallest absolute Gasteiger partial charge is 0.187 e.